The van der Waals surface area contributed by atoms with Gasteiger partial charge in [0, 0.05) is 5.02 Å². The lowest BCUT2D eigenvalue weighted by Gasteiger charge is -2.18. The Hall–Kier alpha value is -1.83. The smallest absolute Gasteiger partial charge is 0.237 e. The molecule has 2 atom stereocenters. The van der Waals surface area contributed by atoms with Crippen molar-refractivity contribution in [2.24, 2.45) is 11.8 Å². The number of carbonyl (C=O) groups excluding carboxylic acids is 2. The van der Waals surface area contributed by atoms with Crippen LogP contribution in [0.1, 0.15) is 12.0 Å². The van der Waals surface area contributed by atoms with E-state index in [1.54, 1.807) is 18.2 Å². The van der Waals surface area contributed by atoms with Crippen LogP contribution in [0, 0.1) is 23.7 Å². The van der Waals surface area contributed by atoms with Gasteiger partial charge < -0.3 is 5.11 Å². The van der Waals surface area contributed by atoms with E-state index in [1.165, 1.54) is 4.90 Å². The van der Waals surface area contributed by atoms with E-state index in [2.05, 4.69) is 11.8 Å². The molecule has 2 aliphatic rings. The van der Waals surface area contributed by atoms with Gasteiger partial charge in [-0.25, -0.2) is 4.90 Å². The molecule has 1 heterocycles. The number of piperidine rings is 1. The molecule has 2 fully saturated rings. The maximum absolute atomic E-state index is 12.0. The molecule has 2 unspecified atom stereocenters. The first-order chi connectivity index (χ1) is 9.13. The lowest BCUT2D eigenvalue weighted by atomic mass is 10.1. The SMILES string of the molecule is O=C1C2CC2C(=O)N1c1ccc(Cl)cc1C#CCO. The van der Waals surface area contributed by atoms with Crippen LogP contribution in [-0.4, -0.2) is 23.5 Å². The predicted molar refractivity (Wildman–Crippen MR) is 69.5 cm³/mol. The van der Waals surface area contributed by atoms with Crippen molar-refractivity contribution in [2.45, 2.75) is 6.42 Å². The van der Waals surface area contributed by atoms with E-state index in [9.17, 15) is 9.59 Å². The van der Waals surface area contributed by atoms with Crippen LogP contribution in [0.3, 0.4) is 0 Å². The van der Waals surface area contributed by atoms with Gasteiger partial charge in [0.1, 0.15) is 6.61 Å². The largest absolute Gasteiger partial charge is 0.384 e. The second-order valence-electron chi connectivity index (χ2n) is 4.58. The van der Waals surface area contributed by atoms with Crippen molar-refractivity contribution in [2.75, 3.05) is 11.5 Å². The topological polar surface area (TPSA) is 57.6 Å². The summed E-state index contributed by atoms with van der Waals surface area (Å²) in [5.74, 6) is 4.60. The van der Waals surface area contributed by atoms with Crippen molar-refractivity contribution in [3.63, 3.8) is 0 Å². The van der Waals surface area contributed by atoms with Gasteiger partial charge >= 0.3 is 0 Å². The van der Waals surface area contributed by atoms with Crippen LogP contribution in [0.15, 0.2) is 18.2 Å². The van der Waals surface area contributed by atoms with E-state index in [-0.39, 0.29) is 30.3 Å². The Morgan fingerprint density at radius 2 is 2.00 bits per heavy atom. The number of aliphatic hydroxyl groups is 1. The fraction of sp³-hybridized carbons (Fsp3) is 0.286. The van der Waals surface area contributed by atoms with Gasteiger partial charge in [0.2, 0.25) is 11.8 Å². The first-order valence-corrected chi connectivity index (χ1v) is 6.28. The van der Waals surface area contributed by atoms with E-state index in [0.29, 0.717) is 22.7 Å². The standard InChI is InChI=1S/C14H10ClNO3/c15-9-3-4-12(8(6-9)2-1-5-17)16-13(18)10-7-11(10)14(16)19/h3-4,6,10-11,17H,5,7H2. The number of nitrogens with zero attached hydrogens (tertiary/aromatic N) is 1. The minimum Gasteiger partial charge on any atom is -0.384 e. The third kappa shape index (κ3) is 1.92. The van der Waals surface area contributed by atoms with Crippen LogP contribution in [0.5, 0.6) is 0 Å². The number of rotatable bonds is 1. The van der Waals surface area contributed by atoms with Gasteiger partial charge in [-0.05, 0) is 24.6 Å². The van der Waals surface area contributed by atoms with Crippen LogP contribution >= 0.6 is 11.6 Å². The highest BCUT2D eigenvalue weighted by Gasteiger charge is 2.59. The molecule has 1 aromatic rings. The average Bonchev–Trinajstić information content (AvgIpc) is 3.14. The minimum absolute atomic E-state index is 0.151. The molecule has 1 saturated carbocycles. The van der Waals surface area contributed by atoms with Crippen molar-refractivity contribution >= 4 is 29.1 Å². The van der Waals surface area contributed by atoms with Gasteiger partial charge in [0.15, 0.2) is 0 Å². The first-order valence-electron chi connectivity index (χ1n) is 5.90. The summed E-state index contributed by atoms with van der Waals surface area (Å²) in [7, 11) is 0. The van der Waals surface area contributed by atoms with Crippen LogP contribution < -0.4 is 4.90 Å². The fourth-order valence-electron chi connectivity index (χ4n) is 2.36. The maximum atomic E-state index is 12.0. The average molecular weight is 276 g/mol. The number of imide groups is 1. The number of halogens is 1. The number of hydrogen-bond acceptors (Lipinski definition) is 3. The highest BCUT2D eigenvalue weighted by atomic mass is 35.5. The molecule has 1 N–H and O–H groups in total. The van der Waals surface area contributed by atoms with E-state index in [4.69, 9.17) is 16.7 Å². The maximum Gasteiger partial charge on any atom is 0.237 e. The van der Waals surface area contributed by atoms with Gasteiger partial charge in [-0.1, -0.05) is 23.4 Å². The number of benzene rings is 1. The van der Waals surface area contributed by atoms with E-state index < -0.39 is 0 Å². The van der Waals surface area contributed by atoms with Crippen molar-refractivity contribution in [1.29, 1.82) is 0 Å². The van der Waals surface area contributed by atoms with Crippen molar-refractivity contribution in [1.82, 2.24) is 0 Å². The molecular formula is C14H10ClNO3. The zero-order valence-electron chi connectivity index (χ0n) is 9.89. The van der Waals surface area contributed by atoms with Crippen molar-refractivity contribution in [3.05, 3.63) is 28.8 Å². The number of aliphatic hydroxyl groups excluding tert-OH is 1. The highest BCUT2D eigenvalue weighted by Crippen LogP contribution is 2.48. The van der Waals surface area contributed by atoms with Crippen molar-refractivity contribution in [3.8, 4) is 11.8 Å². The molecule has 0 bridgehead atoms. The Labute approximate surface area is 115 Å². The monoisotopic (exact) mass is 275 g/mol. The van der Waals surface area contributed by atoms with Crippen LogP contribution in [-0.2, 0) is 9.59 Å². The highest BCUT2D eigenvalue weighted by molar-refractivity contribution is 6.31. The van der Waals surface area contributed by atoms with Gasteiger partial charge in [0.25, 0.3) is 0 Å². The Morgan fingerprint density at radius 1 is 1.32 bits per heavy atom. The summed E-state index contributed by atoms with van der Waals surface area (Å²) in [4.78, 5) is 25.3. The zero-order chi connectivity index (χ0) is 13.6. The molecule has 0 radical (unpaired) electrons. The number of anilines is 1. The van der Waals surface area contributed by atoms with E-state index in [1.807, 2.05) is 0 Å². The molecular weight excluding hydrogens is 266 g/mol. The molecule has 4 nitrogen and oxygen atoms in total. The van der Waals surface area contributed by atoms with Crippen LogP contribution in [0.2, 0.25) is 5.02 Å². The third-order valence-electron chi connectivity index (χ3n) is 3.37. The van der Waals surface area contributed by atoms with Gasteiger partial charge in [0.05, 0.1) is 23.1 Å². The zero-order valence-corrected chi connectivity index (χ0v) is 10.6. The Morgan fingerprint density at radius 3 is 2.63 bits per heavy atom. The van der Waals surface area contributed by atoms with E-state index in [0.717, 1.165) is 0 Å². The molecule has 96 valence electrons. The summed E-state index contributed by atoms with van der Waals surface area (Å²) in [5, 5.41) is 9.22. The Kier molecular flexibility index (Phi) is 2.81. The summed E-state index contributed by atoms with van der Waals surface area (Å²) in [6.45, 7) is -0.293. The molecule has 0 aromatic heterocycles. The molecule has 1 aromatic carbocycles. The third-order valence-corrected chi connectivity index (χ3v) is 3.60. The molecule has 3 rings (SSSR count). The van der Waals surface area contributed by atoms with Gasteiger partial charge in [-0.3, -0.25) is 9.59 Å². The quantitative estimate of drug-likeness (QED) is 0.619. The van der Waals surface area contributed by atoms with Crippen molar-refractivity contribution < 1.29 is 14.7 Å². The normalized spacial score (nSPS) is 24.0. The summed E-state index contributed by atoms with van der Waals surface area (Å²) in [6.07, 6.45) is 0.666. The molecule has 1 aliphatic carbocycles. The number of hydrogen-bond donors (Lipinski definition) is 1. The number of fused-ring (bicyclic) bond motifs is 1. The second-order valence-corrected chi connectivity index (χ2v) is 5.02. The molecule has 2 amide bonds. The minimum atomic E-state index is -0.293. The summed E-state index contributed by atoms with van der Waals surface area (Å²) < 4.78 is 0. The number of carbonyl (C=O) groups is 2. The fourth-order valence-corrected chi connectivity index (χ4v) is 2.53. The van der Waals surface area contributed by atoms with Crippen LogP contribution in [0.4, 0.5) is 5.69 Å². The first kappa shape index (κ1) is 12.2. The molecule has 19 heavy (non-hydrogen) atoms. The Bertz CT molecular complexity index is 624. The summed E-state index contributed by atoms with van der Waals surface area (Å²) in [6, 6.07) is 4.82. The number of amides is 2. The molecule has 0 spiro atoms. The Balaban J connectivity index is 2.05. The second kappa shape index (κ2) is 4.37. The summed E-state index contributed by atoms with van der Waals surface area (Å²) >= 11 is 5.89. The molecule has 1 saturated heterocycles. The van der Waals surface area contributed by atoms with Crippen LogP contribution in [0.25, 0.3) is 0 Å². The summed E-state index contributed by atoms with van der Waals surface area (Å²) in [5.41, 5.74) is 0.928. The molecule has 5 heteroatoms. The van der Waals surface area contributed by atoms with E-state index >= 15 is 0 Å². The lowest BCUT2D eigenvalue weighted by Crippen LogP contribution is -2.33. The predicted octanol–water partition coefficient (Wildman–Crippen LogP) is 1.19. The molecule has 1 aliphatic heterocycles. The van der Waals surface area contributed by atoms with Gasteiger partial charge in [-0.2, -0.15) is 0 Å². The lowest BCUT2D eigenvalue weighted by molar-refractivity contribution is -0.123. The van der Waals surface area contributed by atoms with Gasteiger partial charge in [-0.15, -0.1) is 0 Å².